The van der Waals surface area contributed by atoms with Crippen LogP contribution in [0, 0.1) is 5.92 Å². The molecule has 0 aromatic rings. The van der Waals surface area contributed by atoms with Crippen molar-refractivity contribution in [3.8, 4) is 0 Å². The largest absolute Gasteiger partial charge is 0.392 e. The number of Topliss-reactive ketones (excluding diaryl/α,β-unsaturated/α-hetero) is 1. The Balaban J connectivity index is 1.94. The van der Waals surface area contributed by atoms with Crippen molar-refractivity contribution in [2.24, 2.45) is 5.92 Å². The molecule has 0 aromatic carbocycles. The van der Waals surface area contributed by atoms with E-state index in [0.29, 0.717) is 25.9 Å². The molecular formula is C20H36N4O4. The number of nitrogens with zero attached hydrogens (tertiary/aromatic N) is 2. The number of likely N-dealkylation sites (tertiary alicyclic amines) is 2. The monoisotopic (exact) mass is 396 g/mol. The van der Waals surface area contributed by atoms with E-state index in [1.807, 2.05) is 18.7 Å². The maximum atomic E-state index is 12.7. The molecule has 0 spiro atoms. The molecule has 0 aromatic heterocycles. The molecule has 2 fully saturated rings. The fraction of sp³-hybridized carbons (Fsp3) is 0.850. The molecule has 2 rings (SSSR count). The Labute approximate surface area is 168 Å². The third-order valence-corrected chi connectivity index (χ3v) is 6.26. The number of ketones is 1. The van der Waals surface area contributed by atoms with E-state index in [0.717, 1.165) is 25.7 Å². The molecule has 160 valence electrons. The lowest BCUT2D eigenvalue weighted by atomic mass is 9.96. The van der Waals surface area contributed by atoms with Crippen LogP contribution >= 0.6 is 0 Å². The molecule has 8 heteroatoms. The molecular weight excluding hydrogens is 360 g/mol. The van der Waals surface area contributed by atoms with Crippen LogP contribution in [0.5, 0.6) is 0 Å². The van der Waals surface area contributed by atoms with Crippen molar-refractivity contribution in [3.05, 3.63) is 0 Å². The minimum Gasteiger partial charge on any atom is -0.392 e. The van der Waals surface area contributed by atoms with Crippen LogP contribution in [0.3, 0.4) is 0 Å². The maximum absolute atomic E-state index is 12.7. The third kappa shape index (κ3) is 5.03. The van der Waals surface area contributed by atoms with E-state index in [4.69, 9.17) is 0 Å². The van der Waals surface area contributed by atoms with Gasteiger partial charge in [-0.25, -0.2) is 10.2 Å². The van der Waals surface area contributed by atoms with Crippen molar-refractivity contribution in [1.29, 1.82) is 0 Å². The highest BCUT2D eigenvalue weighted by atomic mass is 16.3. The average molecular weight is 397 g/mol. The molecule has 0 aliphatic carbocycles. The molecule has 3 amide bonds. The van der Waals surface area contributed by atoms with E-state index in [2.05, 4.69) is 24.7 Å². The fourth-order valence-electron chi connectivity index (χ4n) is 4.36. The minimum atomic E-state index is -0.539. The van der Waals surface area contributed by atoms with Gasteiger partial charge in [0.2, 0.25) is 0 Å². The number of aliphatic hydroxyl groups excluding tert-OH is 1. The van der Waals surface area contributed by atoms with Gasteiger partial charge < -0.3 is 10.0 Å². The first-order chi connectivity index (χ1) is 13.3. The number of aliphatic hydroxyl groups is 1. The number of hydrazine groups is 1. The summed E-state index contributed by atoms with van der Waals surface area (Å²) >= 11 is 0. The number of hydrogen-bond acceptors (Lipinski definition) is 5. The summed E-state index contributed by atoms with van der Waals surface area (Å²) in [4.78, 5) is 41.3. The number of hydrogen-bond donors (Lipinski definition) is 3. The van der Waals surface area contributed by atoms with Gasteiger partial charge in [-0.05, 0) is 38.5 Å². The van der Waals surface area contributed by atoms with E-state index < -0.39 is 24.2 Å². The number of amides is 3. The third-order valence-electron chi connectivity index (χ3n) is 6.26. The number of β-amino-alcohol motifs (C(OH)–C–C–N with tert-alkyl or cyclic N) is 1. The van der Waals surface area contributed by atoms with Crippen LogP contribution in [0.25, 0.3) is 0 Å². The first kappa shape index (κ1) is 22.6. The molecule has 2 aliphatic rings. The zero-order valence-electron chi connectivity index (χ0n) is 17.6. The Morgan fingerprint density at radius 1 is 1.07 bits per heavy atom. The van der Waals surface area contributed by atoms with Gasteiger partial charge in [0.05, 0.1) is 18.2 Å². The lowest BCUT2D eigenvalue weighted by molar-refractivity contribution is -0.127. The van der Waals surface area contributed by atoms with Crippen molar-refractivity contribution in [2.45, 2.75) is 90.4 Å². The van der Waals surface area contributed by atoms with Gasteiger partial charge in [-0.15, -0.1) is 0 Å². The van der Waals surface area contributed by atoms with E-state index in [-0.39, 0.29) is 23.7 Å². The Kier molecular flexibility index (Phi) is 8.24. The number of urea groups is 1. The molecule has 0 radical (unpaired) electrons. The van der Waals surface area contributed by atoms with Crippen LogP contribution in [0.1, 0.15) is 66.2 Å². The normalized spacial score (nSPS) is 26.5. The van der Waals surface area contributed by atoms with E-state index >= 15 is 0 Å². The predicted molar refractivity (Wildman–Crippen MR) is 106 cm³/mol. The highest BCUT2D eigenvalue weighted by Crippen LogP contribution is 2.24. The molecule has 4 unspecified atom stereocenters. The number of nitrogens with one attached hydrogen (secondary N) is 2. The second-order valence-corrected chi connectivity index (χ2v) is 8.05. The first-order valence-corrected chi connectivity index (χ1v) is 10.7. The standard InChI is InChI=1S/C20H36N4O4/c1-5-13(4)18(26)16-9-8-10-23(16)20(28)22-21-19(27)17-11-15(25)12-24(17)14(6-2)7-3/h13-17,25H,5-12H2,1-4H3,(H,21,27)(H,22,28). The molecule has 28 heavy (non-hydrogen) atoms. The van der Waals surface area contributed by atoms with Crippen molar-refractivity contribution in [2.75, 3.05) is 13.1 Å². The van der Waals surface area contributed by atoms with E-state index in [1.54, 1.807) is 0 Å². The van der Waals surface area contributed by atoms with Crippen LogP contribution in [0.15, 0.2) is 0 Å². The van der Waals surface area contributed by atoms with Gasteiger partial charge in [0.25, 0.3) is 5.91 Å². The van der Waals surface area contributed by atoms with Gasteiger partial charge in [-0.3, -0.25) is 19.9 Å². The van der Waals surface area contributed by atoms with Gasteiger partial charge in [-0.1, -0.05) is 27.7 Å². The van der Waals surface area contributed by atoms with Crippen LogP contribution < -0.4 is 10.9 Å². The second-order valence-electron chi connectivity index (χ2n) is 8.05. The lowest BCUT2D eigenvalue weighted by Crippen LogP contribution is -2.56. The predicted octanol–water partition coefficient (Wildman–Crippen LogP) is 1.43. The molecule has 2 heterocycles. The van der Waals surface area contributed by atoms with Crippen LogP contribution in [0.2, 0.25) is 0 Å². The maximum Gasteiger partial charge on any atom is 0.336 e. The second kappa shape index (κ2) is 10.2. The number of carbonyl (C=O) groups is 3. The highest BCUT2D eigenvalue weighted by molar-refractivity contribution is 5.91. The van der Waals surface area contributed by atoms with Gasteiger partial charge >= 0.3 is 6.03 Å². The quantitative estimate of drug-likeness (QED) is 0.565. The summed E-state index contributed by atoms with van der Waals surface area (Å²) in [6.07, 6.45) is 3.81. The SMILES string of the molecule is CCC(C)C(=O)C1CCCN1C(=O)NNC(=O)C1CC(O)CN1C(CC)CC. The fourth-order valence-corrected chi connectivity index (χ4v) is 4.36. The van der Waals surface area contributed by atoms with Crippen LogP contribution in [-0.4, -0.2) is 69.9 Å². The van der Waals surface area contributed by atoms with Gasteiger partial charge in [-0.2, -0.15) is 0 Å². The Morgan fingerprint density at radius 3 is 2.36 bits per heavy atom. The van der Waals surface area contributed by atoms with Crippen molar-refractivity contribution >= 4 is 17.7 Å². The molecule has 0 saturated carbocycles. The molecule has 0 bridgehead atoms. The average Bonchev–Trinajstić information content (AvgIpc) is 3.32. The van der Waals surface area contributed by atoms with Gasteiger partial charge in [0.1, 0.15) is 0 Å². The molecule has 4 atom stereocenters. The molecule has 2 saturated heterocycles. The zero-order valence-corrected chi connectivity index (χ0v) is 17.6. The topological polar surface area (TPSA) is 102 Å². The summed E-state index contributed by atoms with van der Waals surface area (Å²) in [6.45, 7) is 8.96. The Hall–Kier alpha value is -1.67. The molecule has 8 nitrogen and oxygen atoms in total. The zero-order chi connectivity index (χ0) is 20.8. The van der Waals surface area contributed by atoms with Crippen molar-refractivity contribution in [1.82, 2.24) is 20.7 Å². The molecule has 2 aliphatic heterocycles. The van der Waals surface area contributed by atoms with Crippen molar-refractivity contribution < 1.29 is 19.5 Å². The minimum absolute atomic E-state index is 0.0819. The number of rotatable bonds is 7. The summed E-state index contributed by atoms with van der Waals surface area (Å²) in [6, 6.07) is -1.10. The summed E-state index contributed by atoms with van der Waals surface area (Å²) in [5.74, 6) is -0.317. The lowest BCUT2D eigenvalue weighted by Gasteiger charge is -2.31. The van der Waals surface area contributed by atoms with Crippen molar-refractivity contribution in [3.63, 3.8) is 0 Å². The molecule has 3 N–H and O–H groups in total. The van der Waals surface area contributed by atoms with Crippen LogP contribution in [0.4, 0.5) is 4.79 Å². The van der Waals surface area contributed by atoms with E-state index in [1.165, 1.54) is 4.90 Å². The van der Waals surface area contributed by atoms with Crippen LogP contribution in [-0.2, 0) is 9.59 Å². The summed E-state index contributed by atoms with van der Waals surface area (Å²) in [5.41, 5.74) is 4.99. The summed E-state index contributed by atoms with van der Waals surface area (Å²) < 4.78 is 0. The summed E-state index contributed by atoms with van der Waals surface area (Å²) in [7, 11) is 0. The first-order valence-electron chi connectivity index (χ1n) is 10.7. The smallest absolute Gasteiger partial charge is 0.336 e. The summed E-state index contributed by atoms with van der Waals surface area (Å²) in [5, 5.41) is 10.0. The highest BCUT2D eigenvalue weighted by Gasteiger charge is 2.40. The Morgan fingerprint density at radius 2 is 1.75 bits per heavy atom. The Bertz CT molecular complexity index is 566. The van der Waals surface area contributed by atoms with Gasteiger partial charge in [0, 0.05) is 25.0 Å². The number of carbonyl (C=O) groups excluding carboxylic acids is 3. The van der Waals surface area contributed by atoms with Gasteiger partial charge in [0.15, 0.2) is 5.78 Å². The van der Waals surface area contributed by atoms with E-state index in [9.17, 15) is 19.5 Å².